The highest BCUT2D eigenvalue weighted by Crippen LogP contribution is 2.35. The van der Waals surface area contributed by atoms with E-state index in [1.54, 1.807) is 0 Å². The fourth-order valence-electron chi connectivity index (χ4n) is 2.78. The van der Waals surface area contributed by atoms with Gasteiger partial charge in [-0.1, -0.05) is 0 Å². The van der Waals surface area contributed by atoms with Crippen molar-refractivity contribution >= 4 is 15.7 Å². The summed E-state index contributed by atoms with van der Waals surface area (Å²) in [6.07, 6.45) is 0.706. The molecule has 9 heteroatoms. The number of sulfonamides is 1. The zero-order chi connectivity index (χ0) is 15.8. The smallest absolute Gasteiger partial charge is 0.269 e. The summed E-state index contributed by atoms with van der Waals surface area (Å²) >= 11 is 0. The monoisotopic (exact) mass is 327 g/mol. The van der Waals surface area contributed by atoms with Gasteiger partial charge in [-0.3, -0.25) is 10.1 Å². The number of hydrogen-bond donors (Lipinski definition) is 2. The van der Waals surface area contributed by atoms with E-state index in [9.17, 15) is 18.5 Å². The van der Waals surface area contributed by atoms with Crippen molar-refractivity contribution in [3.63, 3.8) is 0 Å². The van der Waals surface area contributed by atoms with Crippen molar-refractivity contribution < 1.29 is 18.1 Å². The van der Waals surface area contributed by atoms with Crippen LogP contribution >= 0.6 is 0 Å². The van der Waals surface area contributed by atoms with E-state index in [1.165, 1.54) is 24.3 Å². The largest absolute Gasteiger partial charge is 0.376 e. The molecule has 0 saturated carbocycles. The Balaban J connectivity index is 1.60. The van der Waals surface area contributed by atoms with Gasteiger partial charge < -0.3 is 10.1 Å². The molecular weight excluding hydrogens is 310 g/mol. The third-order valence-electron chi connectivity index (χ3n) is 4.14. The standard InChI is InChI=1S/C13H17N3O5S/c17-16(18)10-1-3-12(4-2-10)22(19,20)15-6-11-5-13(9-21-11)7-14-8-13/h1-4,11,14-15H,5-9H2. The maximum absolute atomic E-state index is 12.2. The summed E-state index contributed by atoms with van der Waals surface area (Å²) in [6, 6.07) is 4.81. The lowest BCUT2D eigenvalue weighted by Gasteiger charge is -2.37. The van der Waals surface area contributed by atoms with E-state index in [2.05, 4.69) is 10.0 Å². The Hall–Kier alpha value is -1.55. The number of nitrogens with one attached hydrogen (secondary N) is 2. The minimum absolute atomic E-state index is 0.0103. The molecule has 2 saturated heterocycles. The maximum atomic E-state index is 12.2. The molecule has 2 heterocycles. The van der Waals surface area contributed by atoms with Crippen molar-refractivity contribution in [3.8, 4) is 0 Å². The topological polar surface area (TPSA) is 111 Å². The van der Waals surface area contributed by atoms with Crippen molar-refractivity contribution in [2.45, 2.75) is 17.4 Å². The van der Waals surface area contributed by atoms with E-state index in [0.29, 0.717) is 6.61 Å². The Morgan fingerprint density at radius 2 is 2.05 bits per heavy atom. The molecule has 1 atom stereocenters. The number of non-ortho nitro benzene ring substituents is 1. The van der Waals surface area contributed by atoms with Crippen LogP contribution in [0.25, 0.3) is 0 Å². The highest BCUT2D eigenvalue weighted by molar-refractivity contribution is 7.89. The molecule has 2 N–H and O–H groups in total. The van der Waals surface area contributed by atoms with Crippen LogP contribution in [0.1, 0.15) is 6.42 Å². The number of benzene rings is 1. The number of nitro groups is 1. The first-order valence-electron chi connectivity index (χ1n) is 6.97. The molecule has 0 aromatic heterocycles. The van der Waals surface area contributed by atoms with Crippen LogP contribution in [0.5, 0.6) is 0 Å². The van der Waals surface area contributed by atoms with Gasteiger partial charge in [0.15, 0.2) is 0 Å². The van der Waals surface area contributed by atoms with E-state index in [1.807, 2.05) is 0 Å². The minimum atomic E-state index is -3.68. The van der Waals surface area contributed by atoms with E-state index in [4.69, 9.17) is 4.74 Å². The number of rotatable bonds is 5. The Labute approximate surface area is 128 Å². The first kappa shape index (κ1) is 15.3. The van der Waals surface area contributed by atoms with Gasteiger partial charge in [0.1, 0.15) is 0 Å². The van der Waals surface area contributed by atoms with Gasteiger partial charge in [0.2, 0.25) is 10.0 Å². The number of hydrogen-bond acceptors (Lipinski definition) is 6. The zero-order valence-electron chi connectivity index (χ0n) is 11.8. The fourth-order valence-corrected chi connectivity index (χ4v) is 3.85. The molecule has 0 aliphatic carbocycles. The van der Waals surface area contributed by atoms with E-state index in [0.717, 1.165) is 19.5 Å². The fraction of sp³-hybridized carbons (Fsp3) is 0.538. The highest BCUT2D eigenvalue weighted by Gasteiger charge is 2.44. The van der Waals surface area contributed by atoms with Gasteiger partial charge in [-0.15, -0.1) is 0 Å². The molecule has 0 radical (unpaired) electrons. The lowest BCUT2D eigenvalue weighted by molar-refractivity contribution is -0.384. The first-order chi connectivity index (χ1) is 10.4. The van der Waals surface area contributed by atoms with Gasteiger partial charge >= 0.3 is 0 Å². The third kappa shape index (κ3) is 2.98. The highest BCUT2D eigenvalue weighted by atomic mass is 32.2. The lowest BCUT2D eigenvalue weighted by Crippen LogP contribution is -2.54. The van der Waals surface area contributed by atoms with Gasteiger partial charge in [-0.05, 0) is 18.6 Å². The summed E-state index contributed by atoms with van der Waals surface area (Å²) in [5.41, 5.74) is 0.0289. The van der Waals surface area contributed by atoms with E-state index < -0.39 is 14.9 Å². The van der Waals surface area contributed by atoms with Crippen LogP contribution in [-0.4, -0.2) is 45.7 Å². The van der Waals surface area contributed by atoms with Gasteiger partial charge in [-0.25, -0.2) is 13.1 Å². The molecule has 2 aliphatic rings. The summed E-state index contributed by atoms with van der Waals surface area (Å²) in [5.74, 6) is 0. The average molecular weight is 327 g/mol. The Kier molecular flexibility index (Phi) is 3.89. The predicted octanol–water partition coefficient (Wildman–Crippen LogP) is 0.252. The van der Waals surface area contributed by atoms with Crippen molar-refractivity contribution in [3.05, 3.63) is 34.4 Å². The second-order valence-electron chi connectivity index (χ2n) is 5.84. The summed E-state index contributed by atoms with van der Waals surface area (Å²) in [4.78, 5) is 10.0. The Morgan fingerprint density at radius 1 is 1.36 bits per heavy atom. The van der Waals surface area contributed by atoms with Crippen LogP contribution in [0, 0.1) is 15.5 Å². The maximum Gasteiger partial charge on any atom is 0.269 e. The number of nitro benzene ring substituents is 1. The van der Waals surface area contributed by atoms with Crippen LogP contribution in [0.2, 0.25) is 0 Å². The van der Waals surface area contributed by atoms with Crippen LogP contribution < -0.4 is 10.0 Å². The molecule has 120 valence electrons. The first-order valence-corrected chi connectivity index (χ1v) is 8.45. The van der Waals surface area contributed by atoms with Gasteiger partial charge in [0.25, 0.3) is 5.69 Å². The Bertz CT molecular complexity index is 669. The van der Waals surface area contributed by atoms with Crippen molar-refractivity contribution in [2.24, 2.45) is 5.41 Å². The van der Waals surface area contributed by atoms with Crippen molar-refractivity contribution in [1.82, 2.24) is 10.0 Å². The molecule has 1 aromatic rings. The second-order valence-corrected chi connectivity index (χ2v) is 7.61. The number of ether oxygens (including phenoxy) is 1. The lowest BCUT2D eigenvalue weighted by atomic mass is 9.80. The minimum Gasteiger partial charge on any atom is -0.376 e. The number of nitrogens with zero attached hydrogens (tertiary/aromatic N) is 1. The third-order valence-corrected chi connectivity index (χ3v) is 5.58. The second kappa shape index (κ2) is 5.58. The molecule has 3 rings (SSSR count). The van der Waals surface area contributed by atoms with E-state index >= 15 is 0 Å². The molecule has 2 aliphatic heterocycles. The predicted molar refractivity (Wildman–Crippen MR) is 77.9 cm³/mol. The molecule has 1 unspecified atom stereocenters. The summed E-state index contributed by atoms with van der Waals surface area (Å²) in [7, 11) is -3.68. The summed E-state index contributed by atoms with van der Waals surface area (Å²) < 4.78 is 32.5. The zero-order valence-corrected chi connectivity index (χ0v) is 12.6. The van der Waals surface area contributed by atoms with Crippen molar-refractivity contribution in [1.29, 1.82) is 0 Å². The molecule has 1 aromatic carbocycles. The van der Waals surface area contributed by atoms with Crippen LogP contribution in [0.3, 0.4) is 0 Å². The van der Waals surface area contributed by atoms with E-state index in [-0.39, 0.29) is 28.6 Å². The molecule has 8 nitrogen and oxygen atoms in total. The van der Waals surface area contributed by atoms with Crippen LogP contribution in [0.15, 0.2) is 29.2 Å². The quantitative estimate of drug-likeness (QED) is 0.592. The molecule has 22 heavy (non-hydrogen) atoms. The Morgan fingerprint density at radius 3 is 2.55 bits per heavy atom. The average Bonchev–Trinajstić information content (AvgIpc) is 2.90. The molecule has 1 spiro atoms. The van der Waals surface area contributed by atoms with Gasteiger partial charge in [0, 0.05) is 37.2 Å². The molecule has 2 fully saturated rings. The normalized spacial score (nSPS) is 23.4. The molecular formula is C13H17N3O5S. The van der Waals surface area contributed by atoms with Crippen molar-refractivity contribution in [2.75, 3.05) is 26.2 Å². The molecule has 0 bridgehead atoms. The van der Waals surface area contributed by atoms with Crippen LogP contribution in [-0.2, 0) is 14.8 Å². The van der Waals surface area contributed by atoms with Crippen LogP contribution in [0.4, 0.5) is 5.69 Å². The SMILES string of the molecule is O=[N+]([O-])c1ccc(S(=O)(=O)NCC2CC3(CNC3)CO2)cc1. The molecule has 0 amide bonds. The van der Waals surface area contributed by atoms with Gasteiger partial charge in [-0.2, -0.15) is 0 Å². The summed E-state index contributed by atoms with van der Waals surface area (Å²) in [6.45, 7) is 2.70. The summed E-state index contributed by atoms with van der Waals surface area (Å²) in [5, 5.41) is 13.8. The van der Waals surface area contributed by atoms with Gasteiger partial charge in [0.05, 0.1) is 22.5 Å².